The SMILES string of the molecule is CC/C=C(/C)C(=O)NCC1(N)CCC1. The second-order valence-corrected chi connectivity index (χ2v) is 4.19. The molecule has 80 valence electrons. The fraction of sp³-hybridized carbons (Fsp3) is 0.727. The summed E-state index contributed by atoms with van der Waals surface area (Å²) in [5.74, 6) is 0.0172. The van der Waals surface area contributed by atoms with Gasteiger partial charge in [-0.2, -0.15) is 0 Å². The summed E-state index contributed by atoms with van der Waals surface area (Å²) < 4.78 is 0. The van der Waals surface area contributed by atoms with Gasteiger partial charge in [0.05, 0.1) is 0 Å². The van der Waals surface area contributed by atoms with Crippen molar-refractivity contribution < 1.29 is 4.79 Å². The second kappa shape index (κ2) is 4.60. The molecule has 0 aromatic rings. The fourth-order valence-electron chi connectivity index (χ4n) is 1.60. The molecule has 0 heterocycles. The molecule has 1 amide bonds. The molecule has 1 aliphatic carbocycles. The van der Waals surface area contributed by atoms with Crippen molar-refractivity contribution in [2.75, 3.05) is 6.54 Å². The number of carbonyl (C=O) groups is 1. The molecule has 3 nitrogen and oxygen atoms in total. The van der Waals surface area contributed by atoms with Gasteiger partial charge in [0, 0.05) is 17.7 Å². The van der Waals surface area contributed by atoms with Crippen LogP contribution in [-0.4, -0.2) is 18.0 Å². The van der Waals surface area contributed by atoms with E-state index in [9.17, 15) is 4.79 Å². The number of hydrogen-bond donors (Lipinski definition) is 2. The minimum atomic E-state index is -0.123. The number of amides is 1. The van der Waals surface area contributed by atoms with E-state index in [1.165, 1.54) is 6.42 Å². The average molecular weight is 196 g/mol. The Balaban J connectivity index is 2.30. The number of nitrogens with one attached hydrogen (secondary N) is 1. The van der Waals surface area contributed by atoms with Crippen molar-refractivity contribution in [1.29, 1.82) is 0 Å². The van der Waals surface area contributed by atoms with Crippen molar-refractivity contribution in [3.05, 3.63) is 11.6 Å². The lowest BCUT2D eigenvalue weighted by atomic mass is 9.78. The van der Waals surface area contributed by atoms with Gasteiger partial charge in [0.15, 0.2) is 0 Å². The van der Waals surface area contributed by atoms with Crippen LogP contribution >= 0.6 is 0 Å². The van der Waals surface area contributed by atoms with Gasteiger partial charge in [0.1, 0.15) is 0 Å². The first-order valence-corrected chi connectivity index (χ1v) is 5.31. The summed E-state index contributed by atoms with van der Waals surface area (Å²) >= 11 is 0. The van der Waals surface area contributed by atoms with E-state index < -0.39 is 0 Å². The van der Waals surface area contributed by atoms with Gasteiger partial charge >= 0.3 is 0 Å². The van der Waals surface area contributed by atoms with Crippen LogP contribution in [0.5, 0.6) is 0 Å². The maximum atomic E-state index is 11.5. The minimum Gasteiger partial charge on any atom is -0.350 e. The van der Waals surface area contributed by atoms with E-state index in [1.54, 1.807) is 0 Å². The lowest BCUT2D eigenvalue weighted by Crippen LogP contribution is -2.55. The molecule has 1 aliphatic rings. The van der Waals surface area contributed by atoms with E-state index in [2.05, 4.69) is 5.32 Å². The van der Waals surface area contributed by atoms with Gasteiger partial charge in [0.25, 0.3) is 0 Å². The van der Waals surface area contributed by atoms with E-state index in [0.717, 1.165) is 24.8 Å². The van der Waals surface area contributed by atoms with Crippen molar-refractivity contribution in [2.24, 2.45) is 5.73 Å². The molecule has 3 heteroatoms. The summed E-state index contributed by atoms with van der Waals surface area (Å²) in [6.45, 7) is 4.47. The molecule has 0 unspecified atom stereocenters. The van der Waals surface area contributed by atoms with E-state index in [4.69, 9.17) is 5.73 Å². The van der Waals surface area contributed by atoms with Gasteiger partial charge in [-0.3, -0.25) is 4.79 Å². The summed E-state index contributed by atoms with van der Waals surface area (Å²) in [7, 11) is 0. The molecule has 14 heavy (non-hydrogen) atoms. The maximum Gasteiger partial charge on any atom is 0.246 e. The highest BCUT2D eigenvalue weighted by Crippen LogP contribution is 2.28. The van der Waals surface area contributed by atoms with Gasteiger partial charge in [0.2, 0.25) is 5.91 Å². The normalized spacial score (nSPS) is 20.1. The Hall–Kier alpha value is -0.830. The van der Waals surface area contributed by atoms with Crippen LogP contribution in [0.3, 0.4) is 0 Å². The summed E-state index contributed by atoms with van der Waals surface area (Å²) in [4.78, 5) is 11.5. The quantitative estimate of drug-likeness (QED) is 0.667. The third-order valence-corrected chi connectivity index (χ3v) is 2.82. The van der Waals surface area contributed by atoms with Gasteiger partial charge in [-0.1, -0.05) is 13.0 Å². The molecule has 0 aromatic carbocycles. The summed E-state index contributed by atoms with van der Waals surface area (Å²) in [6.07, 6.45) is 6.08. The van der Waals surface area contributed by atoms with Gasteiger partial charge in [-0.05, 0) is 32.6 Å². The first-order chi connectivity index (χ1) is 6.57. The number of allylic oxidation sites excluding steroid dienone is 1. The monoisotopic (exact) mass is 196 g/mol. The third-order valence-electron chi connectivity index (χ3n) is 2.82. The molecule has 0 aliphatic heterocycles. The Kier molecular flexibility index (Phi) is 3.69. The Bertz CT molecular complexity index is 242. The Labute approximate surface area is 85.7 Å². The molecule has 1 fully saturated rings. The number of hydrogen-bond acceptors (Lipinski definition) is 2. The fourth-order valence-corrected chi connectivity index (χ4v) is 1.60. The zero-order valence-corrected chi connectivity index (χ0v) is 9.10. The Morgan fingerprint density at radius 1 is 1.57 bits per heavy atom. The highest BCUT2D eigenvalue weighted by atomic mass is 16.1. The highest BCUT2D eigenvalue weighted by molar-refractivity contribution is 5.92. The lowest BCUT2D eigenvalue weighted by molar-refractivity contribution is -0.117. The molecule has 0 bridgehead atoms. The van der Waals surface area contributed by atoms with Crippen molar-refractivity contribution in [3.8, 4) is 0 Å². The summed E-state index contributed by atoms with van der Waals surface area (Å²) in [6, 6.07) is 0. The molecule has 0 radical (unpaired) electrons. The number of carbonyl (C=O) groups excluding carboxylic acids is 1. The molecule has 0 saturated heterocycles. The summed E-state index contributed by atoms with van der Waals surface area (Å²) in [5.41, 5.74) is 6.66. The molecule has 0 spiro atoms. The smallest absolute Gasteiger partial charge is 0.246 e. The zero-order valence-electron chi connectivity index (χ0n) is 9.10. The molecule has 0 aromatic heterocycles. The standard InChI is InChI=1S/C11H20N2O/c1-3-5-9(2)10(14)13-8-11(12)6-4-7-11/h5H,3-4,6-8,12H2,1-2H3,(H,13,14)/b9-5-. The van der Waals surface area contributed by atoms with Crippen molar-refractivity contribution >= 4 is 5.91 Å². The van der Waals surface area contributed by atoms with E-state index in [0.29, 0.717) is 6.54 Å². The van der Waals surface area contributed by atoms with Gasteiger partial charge in [-0.25, -0.2) is 0 Å². The molecular formula is C11H20N2O. The Morgan fingerprint density at radius 3 is 2.64 bits per heavy atom. The van der Waals surface area contributed by atoms with E-state index >= 15 is 0 Å². The van der Waals surface area contributed by atoms with Crippen molar-refractivity contribution in [2.45, 2.75) is 45.1 Å². The van der Waals surface area contributed by atoms with Crippen LogP contribution in [0.4, 0.5) is 0 Å². The van der Waals surface area contributed by atoms with E-state index in [-0.39, 0.29) is 11.4 Å². The lowest BCUT2D eigenvalue weighted by Gasteiger charge is -2.38. The largest absolute Gasteiger partial charge is 0.350 e. The van der Waals surface area contributed by atoms with Crippen LogP contribution in [0.25, 0.3) is 0 Å². The predicted molar refractivity (Wildman–Crippen MR) is 57.8 cm³/mol. The van der Waals surface area contributed by atoms with Gasteiger partial charge < -0.3 is 11.1 Å². The van der Waals surface area contributed by atoms with Crippen LogP contribution in [0.1, 0.15) is 39.5 Å². The molecular weight excluding hydrogens is 176 g/mol. The predicted octanol–water partition coefficient (Wildman–Crippen LogP) is 1.34. The van der Waals surface area contributed by atoms with Crippen molar-refractivity contribution in [3.63, 3.8) is 0 Å². The molecule has 1 rings (SSSR count). The first kappa shape index (κ1) is 11.2. The van der Waals surface area contributed by atoms with Crippen LogP contribution < -0.4 is 11.1 Å². The zero-order chi connectivity index (χ0) is 10.6. The first-order valence-electron chi connectivity index (χ1n) is 5.31. The van der Waals surface area contributed by atoms with Crippen LogP contribution in [0.2, 0.25) is 0 Å². The molecule has 1 saturated carbocycles. The minimum absolute atomic E-state index is 0.0172. The molecule has 0 atom stereocenters. The van der Waals surface area contributed by atoms with E-state index in [1.807, 2.05) is 19.9 Å². The van der Waals surface area contributed by atoms with Crippen LogP contribution in [-0.2, 0) is 4.79 Å². The van der Waals surface area contributed by atoms with Crippen molar-refractivity contribution in [1.82, 2.24) is 5.32 Å². The topological polar surface area (TPSA) is 55.1 Å². The van der Waals surface area contributed by atoms with Crippen LogP contribution in [0.15, 0.2) is 11.6 Å². The average Bonchev–Trinajstić information content (AvgIpc) is 2.11. The number of nitrogens with two attached hydrogens (primary N) is 1. The maximum absolute atomic E-state index is 11.5. The summed E-state index contributed by atoms with van der Waals surface area (Å²) in [5, 5.41) is 2.88. The number of rotatable bonds is 4. The third kappa shape index (κ3) is 2.84. The molecule has 3 N–H and O–H groups in total. The van der Waals surface area contributed by atoms with Crippen LogP contribution in [0, 0.1) is 0 Å². The second-order valence-electron chi connectivity index (χ2n) is 4.19. The Morgan fingerprint density at radius 2 is 2.21 bits per heavy atom. The highest BCUT2D eigenvalue weighted by Gasteiger charge is 2.32. The van der Waals surface area contributed by atoms with Gasteiger partial charge in [-0.15, -0.1) is 0 Å².